The van der Waals surface area contributed by atoms with Crippen LogP contribution in [0.3, 0.4) is 0 Å². The number of thiophene rings is 2. The van der Waals surface area contributed by atoms with Crippen LogP contribution in [0.15, 0.2) is 23.6 Å². The SMILES string of the molecule is Cc1cc2c(NCCc3cccs3)nc(N)nc2s1. The molecule has 3 rings (SSSR count). The van der Waals surface area contributed by atoms with Crippen LogP contribution < -0.4 is 11.1 Å². The fourth-order valence-electron chi connectivity index (χ4n) is 1.95. The minimum atomic E-state index is 0.327. The summed E-state index contributed by atoms with van der Waals surface area (Å²) in [6.45, 7) is 2.92. The molecule has 3 aromatic rings. The average Bonchev–Trinajstić information content (AvgIpc) is 2.97. The first-order valence-corrected chi connectivity index (χ1v) is 7.72. The molecule has 0 bridgehead atoms. The van der Waals surface area contributed by atoms with Gasteiger partial charge in [-0.2, -0.15) is 4.98 Å². The van der Waals surface area contributed by atoms with Gasteiger partial charge in [0.05, 0.1) is 5.39 Å². The minimum Gasteiger partial charge on any atom is -0.369 e. The third kappa shape index (κ3) is 2.69. The first kappa shape index (κ1) is 12.4. The van der Waals surface area contributed by atoms with Gasteiger partial charge in [-0.3, -0.25) is 0 Å². The van der Waals surface area contributed by atoms with Gasteiger partial charge in [0.1, 0.15) is 10.6 Å². The molecule has 19 heavy (non-hydrogen) atoms. The number of hydrogen-bond donors (Lipinski definition) is 2. The zero-order valence-corrected chi connectivity index (χ0v) is 12.1. The first-order chi connectivity index (χ1) is 9.22. The number of nitrogens with one attached hydrogen (secondary N) is 1. The van der Waals surface area contributed by atoms with E-state index in [0.717, 1.165) is 29.0 Å². The molecule has 0 aliphatic carbocycles. The highest BCUT2D eigenvalue weighted by Gasteiger charge is 2.08. The van der Waals surface area contributed by atoms with E-state index in [4.69, 9.17) is 5.73 Å². The number of nitrogen functional groups attached to an aromatic ring is 1. The summed E-state index contributed by atoms with van der Waals surface area (Å²) in [5.41, 5.74) is 5.75. The summed E-state index contributed by atoms with van der Waals surface area (Å²) in [7, 11) is 0. The van der Waals surface area contributed by atoms with Gasteiger partial charge in [0.2, 0.25) is 5.95 Å². The number of nitrogens with two attached hydrogens (primary N) is 1. The highest BCUT2D eigenvalue weighted by molar-refractivity contribution is 7.18. The number of anilines is 2. The lowest BCUT2D eigenvalue weighted by atomic mass is 10.3. The average molecular weight is 290 g/mol. The van der Waals surface area contributed by atoms with Crippen molar-refractivity contribution < 1.29 is 0 Å². The molecule has 3 N–H and O–H groups in total. The van der Waals surface area contributed by atoms with E-state index in [9.17, 15) is 0 Å². The largest absolute Gasteiger partial charge is 0.369 e. The van der Waals surface area contributed by atoms with Crippen molar-refractivity contribution in [3.8, 4) is 0 Å². The summed E-state index contributed by atoms with van der Waals surface area (Å²) < 4.78 is 0. The third-order valence-corrected chi connectivity index (χ3v) is 4.66. The highest BCUT2D eigenvalue weighted by Crippen LogP contribution is 2.28. The molecule has 6 heteroatoms. The van der Waals surface area contributed by atoms with E-state index < -0.39 is 0 Å². The Hall–Kier alpha value is -1.66. The zero-order valence-electron chi connectivity index (χ0n) is 10.5. The van der Waals surface area contributed by atoms with Crippen LogP contribution >= 0.6 is 22.7 Å². The van der Waals surface area contributed by atoms with Crippen molar-refractivity contribution in [3.05, 3.63) is 33.3 Å². The molecule has 0 aliphatic rings. The van der Waals surface area contributed by atoms with Gasteiger partial charge >= 0.3 is 0 Å². The minimum absolute atomic E-state index is 0.327. The van der Waals surface area contributed by atoms with Gasteiger partial charge in [-0.25, -0.2) is 4.98 Å². The van der Waals surface area contributed by atoms with Crippen LogP contribution in [0.2, 0.25) is 0 Å². The van der Waals surface area contributed by atoms with Crippen LogP contribution in [-0.4, -0.2) is 16.5 Å². The van der Waals surface area contributed by atoms with Crippen LogP contribution in [0.1, 0.15) is 9.75 Å². The van der Waals surface area contributed by atoms with E-state index >= 15 is 0 Å². The molecule has 0 saturated heterocycles. The van der Waals surface area contributed by atoms with Crippen LogP contribution in [0.25, 0.3) is 10.2 Å². The smallest absolute Gasteiger partial charge is 0.223 e. The van der Waals surface area contributed by atoms with E-state index in [2.05, 4.69) is 45.8 Å². The van der Waals surface area contributed by atoms with Gasteiger partial charge in [0, 0.05) is 16.3 Å². The summed E-state index contributed by atoms with van der Waals surface area (Å²) in [5.74, 6) is 1.16. The second-order valence-electron chi connectivity index (χ2n) is 4.26. The fraction of sp³-hybridized carbons (Fsp3) is 0.231. The Morgan fingerprint density at radius 1 is 1.37 bits per heavy atom. The number of hydrogen-bond acceptors (Lipinski definition) is 6. The van der Waals surface area contributed by atoms with Crippen molar-refractivity contribution in [3.63, 3.8) is 0 Å². The normalized spacial score (nSPS) is 11.0. The predicted molar refractivity (Wildman–Crippen MR) is 83.1 cm³/mol. The maximum Gasteiger partial charge on any atom is 0.223 e. The predicted octanol–water partition coefficient (Wildman–Crippen LogP) is 3.30. The Bertz CT molecular complexity index is 688. The van der Waals surface area contributed by atoms with E-state index in [1.165, 1.54) is 9.75 Å². The molecular formula is C13H14N4S2. The maximum atomic E-state index is 5.75. The highest BCUT2D eigenvalue weighted by atomic mass is 32.1. The second kappa shape index (κ2) is 5.14. The summed E-state index contributed by atoms with van der Waals surface area (Å²) in [4.78, 5) is 12.1. The summed E-state index contributed by atoms with van der Waals surface area (Å²) >= 11 is 3.42. The van der Waals surface area contributed by atoms with Crippen molar-refractivity contribution in [2.24, 2.45) is 0 Å². The van der Waals surface area contributed by atoms with Crippen molar-refractivity contribution in [1.82, 2.24) is 9.97 Å². The number of aromatic nitrogens is 2. The molecule has 98 valence electrons. The number of fused-ring (bicyclic) bond motifs is 1. The molecule has 0 atom stereocenters. The van der Waals surface area contributed by atoms with E-state index in [0.29, 0.717) is 5.95 Å². The first-order valence-electron chi connectivity index (χ1n) is 6.02. The topological polar surface area (TPSA) is 63.8 Å². The third-order valence-electron chi connectivity index (χ3n) is 2.78. The van der Waals surface area contributed by atoms with Crippen LogP contribution in [0.5, 0.6) is 0 Å². The van der Waals surface area contributed by atoms with E-state index in [1.807, 2.05) is 0 Å². The summed E-state index contributed by atoms with van der Waals surface area (Å²) in [5, 5.41) is 6.52. The van der Waals surface area contributed by atoms with E-state index in [1.54, 1.807) is 22.7 Å². The van der Waals surface area contributed by atoms with Gasteiger partial charge in [-0.1, -0.05) is 6.07 Å². The molecule has 0 radical (unpaired) electrons. The molecule has 0 amide bonds. The van der Waals surface area contributed by atoms with Crippen LogP contribution in [-0.2, 0) is 6.42 Å². The lowest BCUT2D eigenvalue weighted by Gasteiger charge is -2.06. The Kier molecular flexibility index (Phi) is 3.35. The molecule has 0 fully saturated rings. The number of nitrogens with zero attached hydrogens (tertiary/aromatic N) is 2. The summed E-state index contributed by atoms with van der Waals surface area (Å²) in [6, 6.07) is 6.32. The molecular weight excluding hydrogens is 276 g/mol. The maximum absolute atomic E-state index is 5.75. The standard InChI is InChI=1S/C13H14N4S2/c1-8-7-10-11(16-13(14)17-12(10)19-8)15-5-4-9-3-2-6-18-9/h2-3,6-7H,4-5H2,1H3,(H3,14,15,16,17). The van der Waals surface area contributed by atoms with Gasteiger partial charge in [-0.05, 0) is 30.9 Å². The zero-order chi connectivity index (χ0) is 13.2. The Morgan fingerprint density at radius 2 is 2.26 bits per heavy atom. The molecule has 3 heterocycles. The fourth-order valence-corrected chi connectivity index (χ4v) is 3.55. The lowest BCUT2D eigenvalue weighted by molar-refractivity contribution is 1.03. The molecule has 0 aromatic carbocycles. The van der Waals surface area contributed by atoms with Gasteiger partial charge in [0.25, 0.3) is 0 Å². The van der Waals surface area contributed by atoms with Crippen molar-refractivity contribution in [1.29, 1.82) is 0 Å². The number of aryl methyl sites for hydroxylation is 1. The molecule has 0 spiro atoms. The summed E-state index contributed by atoms with van der Waals surface area (Å²) in [6.07, 6.45) is 0.992. The van der Waals surface area contributed by atoms with Crippen LogP contribution in [0.4, 0.5) is 11.8 Å². The van der Waals surface area contributed by atoms with Crippen molar-refractivity contribution >= 4 is 44.7 Å². The quantitative estimate of drug-likeness (QED) is 0.774. The molecule has 4 nitrogen and oxygen atoms in total. The van der Waals surface area contributed by atoms with Gasteiger partial charge in [-0.15, -0.1) is 22.7 Å². The molecule has 0 aliphatic heterocycles. The monoisotopic (exact) mass is 290 g/mol. The van der Waals surface area contributed by atoms with Gasteiger partial charge < -0.3 is 11.1 Å². The molecule has 0 unspecified atom stereocenters. The van der Waals surface area contributed by atoms with Gasteiger partial charge in [0.15, 0.2) is 0 Å². The molecule has 0 saturated carbocycles. The van der Waals surface area contributed by atoms with Crippen LogP contribution in [0, 0.1) is 6.92 Å². The number of rotatable bonds is 4. The second-order valence-corrected chi connectivity index (χ2v) is 6.53. The van der Waals surface area contributed by atoms with Crippen molar-refractivity contribution in [2.75, 3.05) is 17.6 Å². The van der Waals surface area contributed by atoms with Crippen molar-refractivity contribution in [2.45, 2.75) is 13.3 Å². The lowest BCUT2D eigenvalue weighted by Crippen LogP contribution is -2.07. The Morgan fingerprint density at radius 3 is 3.05 bits per heavy atom. The Labute approximate surface area is 119 Å². The van der Waals surface area contributed by atoms with E-state index in [-0.39, 0.29) is 0 Å². The Balaban J connectivity index is 1.79. The molecule has 3 aromatic heterocycles.